The Kier molecular flexibility index (Phi) is 6.41. The van der Waals surface area contributed by atoms with Gasteiger partial charge in [0.05, 0.1) is 26.0 Å². The third kappa shape index (κ3) is 3.72. The van der Waals surface area contributed by atoms with E-state index in [1.54, 1.807) is 16.9 Å². The first-order chi connectivity index (χ1) is 17.4. The Morgan fingerprint density at radius 3 is 2.64 bits per heavy atom. The number of para-hydroxylation sites is 1. The Bertz CT molecular complexity index is 1300. The van der Waals surface area contributed by atoms with Gasteiger partial charge in [-0.05, 0) is 49.1 Å². The second kappa shape index (κ2) is 9.52. The average Bonchev–Trinajstić information content (AvgIpc) is 3.29. The number of hydrogen-bond donors (Lipinski definition) is 1. The average molecular weight is 490 g/mol. The van der Waals surface area contributed by atoms with Gasteiger partial charge in [-0.3, -0.25) is 9.59 Å². The van der Waals surface area contributed by atoms with E-state index in [0.29, 0.717) is 31.2 Å². The first-order valence-electron chi connectivity index (χ1n) is 13.0. The molecule has 7 heteroatoms. The predicted octanol–water partition coefficient (Wildman–Crippen LogP) is 4.80. The summed E-state index contributed by atoms with van der Waals surface area (Å²) >= 11 is 0. The number of H-pyrrole nitrogens is 1. The van der Waals surface area contributed by atoms with Crippen LogP contribution in [0.1, 0.15) is 62.8 Å². The predicted molar refractivity (Wildman–Crippen MR) is 139 cm³/mol. The molecule has 0 radical (unpaired) electrons. The molecule has 2 amide bonds. The van der Waals surface area contributed by atoms with Crippen LogP contribution in [0.5, 0.6) is 11.5 Å². The molecule has 0 unspecified atom stereocenters. The van der Waals surface area contributed by atoms with Gasteiger partial charge in [0.2, 0.25) is 5.91 Å². The molecule has 1 saturated heterocycles. The maximum Gasteiger partial charge on any atom is 0.254 e. The Morgan fingerprint density at radius 1 is 1.08 bits per heavy atom. The summed E-state index contributed by atoms with van der Waals surface area (Å²) < 4.78 is 11.5. The molecule has 2 aromatic carbocycles. The molecule has 3 aromatic rings. The molecule has 1 fully saturated rings. The van der Waals surface area contributed by atoms with Gasteiger partial charge < -0.3 is 24.3 Å². The zero-order valence-electron chi connectivity index (χ0n) is 21.6. The van der Waals surface area contributed by atoms with Crippen molar-refractivity contribution in [3.8, 4) is 11.5 Å². The van der Waals surface area contributed by atoms with Gasteiger partial charge in [0, 0.05) is 29.9 Å². The van der Waals surface area contributed by atoms with E-state index in [1.807, 2.05) is 37.3 Å². The first kappa shape index (κ1) is 24.2. The molecule has 0 aliphatic carbocycles. The minimum Gasteiger partial charge on any atom is -0.493 e. The summed E-state index contributed by atoms with van der Waals surface area (Å²) in [6, 6.07) is 14.1. The molecular formula is C29H35N3O4. The number of hydrogen-bond acceptors (Lipinski definition) is 4. The smallest absolute Gasteiger partial charge is 0.254 e. The zero-order valence-corrected chi connectivity index (χ0v) is 21.6. The van der Waals surface area contributed by atoms with E-state index in [9.17, 15) is 9.59 Å². The normalized spacial score (nSPS) is 21.5. The quantitative estimate of drug-likeness (QED) is 0.493. The van der Waals surface area contributed by atoms with Crippen molar-refractivity contribution in [2.75, 3.05) is 33.4 Å². The van der Waals surface area contributed by atoms with Crippen molar-refractivity contribution in [3.63, 3.8) is 0 Å². The summed E-state index contributed by atoms with van der Waals surface area (Å²) in [4.78, 5) is 34.5. The Balaban J connectivity index is 1.66. The maximum absolute atomic E-state index is 13.9. The lowest BCUT2D eigenvalue weighted by atomic mass is 9.76. The van der Waals surface area contributed by atoms with E-state index in [0.717, 1.165) is 47.0 Å². The number of benzene rings is 2. The van der Waals surface area contributed by atoms with Gasteiger partial charge in [-0.15, -0.1) is 0 Å². The van der Waals surface area contributed by atoms with Crippen LogP contribution >= 0.6 is 0 Å². The monoisotopic (exact) mass is 489 g/mol. The van der Waals surface area contributed by atoms with Gasteiger partial charge in [0.15, 0.2) is 17.0 Å². The third-order valence-corrected chi connectivity index (χ3v) is 7.65. The number of aromatic amines is 1. The number of nitrogens with zero attached hydrogens (tertiary/aromatic N) is 2. The van der Waals surface area contributed by atoms with E-state index in [1.165, 1.54) is 0 Å². The minimum atomic E-state index is -1.07. The van der Waals surface area contributed by atoms with Gasteiger partial charge in [0.25, 0.3) is 5.91 Å². The van der Waals surface area contributed by atoms with Crippen molar-refractivity contribution in [1.29, 1.82) is 0 Å². The minimum absolute atomic E-state index is 0.0114. The SMILES string of the molecule is CCCCN1CC(=O)N2C[C@H](c3ccc(OCCC)c(OC)c3)c3c([nH]c4ccccc34)[C@@]2(C)C1=O. The molecule has 0 saturated carbocycles. The van der Waals surface area contributed by atoms with Gasteiger partial charge in [-0.25, -0.2) is 0 Å². The van der Waals surface area contributed by atoms with Crippen LogP contribution in [0.25, 0.3) is 10.9 Å². The lowest BCUT2D eigenvalue weighted by molar-refractivity contribution is -0.166. The summed E-state index contributed by atoms with van der Waals surface area (Å²) in [7, 11) is 1.64. The molecular weight excluding hydrogens is 454 g/mol. The number of carbonyl (C=O) groups is 2. The van der Waals surface area contributed by atoms with Crippen LogP contribution in [0.4, 0.5) is 0 Å². The van der Waals surface area contributed by atoms with Crippen molar-refractivity contribution in [3.05, 3.63) is 59.3 Å². The summed E-state index contributed by atoms with van der Waals surface area (Å²) in [6.45, 7) is 7.83. The number of ether oxygens (including phenoxy) is 2. The number of nitrogens with one attached hydrogen (secondary N) is 1. The number of fused-ring (bicyclic) bond motifs is 5. The second-order valence-electron chi connectivity index (χ2n) is 9.93. The van der Waals surface area contributed by atoms with Crippen LogP contribution in [0.3, 0.4) is 0 Å². The number of piperazine rings is 1. The molecule has 2 aliphatic heterocycles. The van der Waals surface area contributed by atoms with Crippen LogP contribution in [0.15, 0.2) is 42.5 Å². The second-order valence-corrected chi connectivity index (χ2v) is 9.93. The highest BCUT2D eigenvalue weighted by Crippen LogP contribution is 2.49. The fourth-order valence-corrected chi connectivity index (χ4v) is 5.74. The highest BCUT2D eigenvalue weighted by Gasteiger charge is 2.56. The summed E-state index contributed by atoms with van der Waals surface area (Å²) in [5.74, 6) is 1.23. The van der Waals surface area contributed by atoms with Crippen molar-refractivity contribution < 1.29 is 19.1 Å². The fraction of sp³-hybridized carbons (Fsp3) is 0.448. The standard InChI is InChI=1S/C29H35N3O4/c1-5-7-14-31-18-25(33)32-17-21(19-12-13-23(36-15-6-2)24(16-19)35-4)26-20-10-8-9-11-22(20)30-27(26)29(32,3)28(31)34/h8-13,16,21,30H,5-7,14-15,17-18H2,1-4H3/t21-,29+/m1/s1. The number of aromatic nitrogens is 1. The molecule has 1 aromatic heterocycles. The molecule has 2 atom stereocenters. The van der Waals surface area contributed by atoms with E-state index >= 15 is 0 Å². The van der Waals surface area contributed by atoms with Crippen LogP contribution in [-0.4, -0.2) is 59.9 Å². The van der Waals surface area contributed by atoms with E-state index in [2.05, 4.69) is 31.0 Å². The van der Waals surface area contributed by atoms with Crippen molar-refractivity contribution in [1.82, 2.24) is 14.8 Å². The number of amides is 2. The van der Waals surface area contributed by atoms with Crippen LogP contribution in [0.2, 0.25) is 0 Å². The number of methoxy groups -OCH3 is 1. The largest absolute Gasteiger partial charge is 0.493 e. The first-order valence-corrected chi connectivity index (χ1v) is 13.0. The molecule has 0 bridgehead atoms. The van der Waals surface area contributed by atoms with Crippen LogP contribution in [0, 0.1) is 0 Å². The van der Waals surface area contributed by atoms with Gasteiger partial charge in [-0.2, -0.15) is 0 Å². The summed E-state index contributed by atoms with van der Waals surface area (Å²) in [5.41, 5.74) is 2.81. The van der Waals surface area contributed by atoms with Crippen molar-refractivity contribution >= 4 is 22.7 Å². The highest BCUT2D eigenvalue weighted by molar-refractivity contribution is 6.01. The molecule has 0 spiro atoms. The van der Waals surface area contributed by atoms with Crippen LogP contribution in [-0.2, 0) is 15.1 Å². The Hall–Kier alpha value is -3.48. The van der Waals surface area contributed by atoms with Gasteiger partial charge in [0.1, 0.15) is 0 Å². The molecule has 36 heavy (non-hydrogen) atoms. The molecule has 1 N–H and O–H groups in total. The zero-order chi connectivity index (χ0) is 25.4. The lowest BCUT2D eigenvalue weighted by Gasteiger charge is -2.51. The maximum atomic E-state index is 13.9. The lowest BCUT2D eigenvalue weighted by Crippen LogP contribution is -2.67. The summed E-state index contributed by atoms with van der Waals surface area (Å²) in [6.07, 6.45) is 2.76. The topological polar surface area (TPSA) is 74.9 Å². The number of rotatable bonds is 8. The Labute approximate surface area is 212 Å². The third-order valence-electron chi connectivity index (χ3n) is 7.65. The van der Waals surface area contributed by atoms with E-state index in [-0.39, 0.29) is 24.3 Å². The Morgan fingerprint density at radius 2 is 1.89 bits per heavy atom. The van der Waals surface area contributed by atoms with Gasteiger partial charge >= 0.3 is 0 Å². The molecule has 7 nitrogen and oxygen atoms in total. The highest BCUT2D eigenvalue weighted by atomic mass is 16.5. The van der Waals surface area contributed by atoms with E-state index < -0.39 is 5.54 Å². The summed E-state index contributed by atoms with van der Waals surface area (Å²) in [5, 5.41) is 1.08. The fourth-order valence-electron chi connectivity index (χ4n) is 5.74. The number of unbranched alkanes of at least 4 members (excludes halogenated alkanes) is 1. The molecule has 2 aliphatic rings. The van der Waals surface area contributed by atoms with Crippen LogP contribution < -0.4 is 9.47 Å². The van der Waals surface area contributed by atoms with Gasteiger partial charge in [-0.1, -0.05) is 44.5 Å². The molecule has 3 heterocycles. The molecule has 5 rings (SSSR count). The number of carbonyl (C=O) groups excluding carboxylic acids is 2. The van der Waals surface area contributed by atoms with Crippen molar-refractivity contribution in [2.24, 2.45) is 0 Å². The van der Waals surface area contributed by atoms with Crippen molar-refractivity contribution in [2.45, 2.75) is 51.5 Å². The molecule has 190 valence electrons. The van der Waals surface area contributed by atoms with E-state index in [4.69, 9.17) is 9.47 Å².